The molecule has 0 bridgehead atoms. The van der Waals surface area contributed by atoms with Crippen LogP contribution >= 0.6 is 0 Å². The van der Waals surface area contributed by atoms with Gasteiger partial charge >= 0.3 is 0 Å². The molecule has 1 atom stereocenters. The number of likely N-dealkylation sites (tertiary alicyclic amines) is 1. The van der Waals surface area contributed by atoms with Crippen molar-refractivity contribution in [2.24, 2.45) is 0 Å². The van der Waals surface area contributed by atoms with Gasteiger partial charge in [-0.15, -0.1) is 0 Å². The molecule has 2 saturated heterocycles. The van der Waals surface area contributed by atoms with E-state index in [0.29, 0.717) is 18.7 Å². The predicted molar refractivity (Wildman–Crippen MR) is 103 cm³/mol. The number of anilines is 1. The highest BCUT2D eigenvalue weighted by molar-refractivity contribution is 5.94. The van der Waals surface area contributed by atoms with Crippen molar-refractivity contribution in [1.82, 2.24) is 14.7 Å². The molecule has 0 aromatic heterocycles. The fourth-order valence-electron chi connectivity index (χ4n) is 3.86. The van der Waals surface area contributed by atoms with Gasteiger partial charge in [0.15, 0.2) is 0 Å². The highest BCUT2D eigenvalue weighted by Crippen LogP contribution is 2.15. The van der Waals surface area contributed by atoms with Crippen LogP contribution in [0.3, 0.4) is 0 Å². The van der Waals surface area contributed by atoms with Gasteiger partial charge < -0.3 is 10.2 Å². The van der Waals surface area contributed by atoms with Crippen LogP contribution in [0, 0.1) is 5.82 Å². The largest absolute Gasteiger partial charge is 0.342 e. The van der Waals surface area contributed by atoms with E-state index < -0.39 is 0 Å². The normalized spacial score (nSPS) is 19.9. The average molecular weight is 376 g/mol. The molecule has 1 aromatic carbocycles. The second kappa shape index (κ2) is 9.28. The van der Waals surface area contributed by atoms with Gasteiger partial charge in [-0.25, -0.2) is 4.39 Å². The van der Waals surface area contributed by atoms with Crippen LogP contribution in [0.2, 0.25) is 0 Å². The third-order valence-electron chi connectivity index (χ3n) is 5.47. The van der Waals surface area contributed by atoms with Gasteiger partial charge in [-0.1, -0.05) is 6.92 Å². The molecule has 27 heavy (non-hydrogen) atoms. The molecule has 148 valence electrons. The minimum absolute atomic E-state index is 0.0642. The molecule has 2 heterocycles. The van der Waals surface area contributed by atoms with Crippen molar-refractivity contribution in [2.45, 2.75) is 32.2 Å². The summed E-state index contributed by atoms with van der Waals surface area (Å²) in [4.78, 5) is 31.3. The van der Waals surface area contributed by atoms with Crippen molar-refractivity contribution in [1.29, 1.82) is 0 Å². The number of nitrogens with one attached hydrogen (secondary N) is 1. The second-order valence-electron chi connectivity index (χ2n) is 7.32. The second-order valence-corrected chi connectivity index (χ2v) is 7.32. The minimum atomic E-state index is -0.320. The molecule has 7 heteroatoms. The molecule has 2 fully saturated rings. The van der Waals surface area contributed by atoms with Gasteiger partial charge in [0.05, 0.1) is 12.6 Å². The molecule has 0 radical (unpaired) electrons. The first-order chi connectivity index (χ1) is 13.1. The molecule has 1 unspecified atom stereocenters. The fraction of sp³-hybridized carbons (Fsp3) is 0.600. The van der Waals surface area contributed by atoms with Gasteiger partial charge in [-0.3, -0.25) is 19.4 Å². The number of amides is 2. The zero-order valence-corrected chi connectivity index (χ0v) is 16.0. The molecule has 0 aliphatic carbocycles. The smallest absolute Gasteiger partial charge is 0.241 e. The zero-order valence-electron chi connectivity index (χ0n) is 16.0. The summed E-state index contributed by atoms with van der Waals surface area (Å²) in [5, 5.41) is 2.88. The number of rotatable bonds is 6. The number of benzene rings is 1. The summed E-state index contributed by atoms with van der Waals surface area (Å²) >= 11 is 0. The van der Waals surface area contributed by atoms with Crippen molar-refractivity contribution in [3.8, 4) is 0 Å². The Morgan fingerprint density at radius 3 is 2.26 bits per heavy atom. The van der Waals surface area contributed by atoms with Crippen LogP contribution in [0.15, 0.2) is 24.3 Å². The van der Waals surface area contributed by atoms with Crippen LogP contribution in [0.4, 0.5) is 10.1 Å². The van der Waals surface area contributed by atoms with E-state index >= 15 is 0 Å². The van der Waals surface area contributed by atoms with Gasteiger partial charge in [-0.2, -0.15) is 0 Å². The Morgan fingerprint density at radius 2 is 1.67 bits per heavy atom. The molecule has 2 aliphatic rings. The molecule has 1 N–H and O–H groups in total. The van der Waals surface area contributed by atoms with Crippen LogP contribution in [-0.4, -0.2) is 78.4 Å². The lowest BCUT2D eigenvalue weighted by atomic mass is 10.1. The number of nitrogens with zero attached hydrogens (tertiary/aromatic N) is 3. The first kappa shape index (κ1) is 19.8. The summed E-state index contributed by atoms with van der Waals surface area (Å²) < 4.78 is 13.0. The predicted octanol–water partition coefficient (Wildman–Crippen LogP) is 1.78. The number of carbonyl (C=O) groups excluding carboxylic acids is 2. The first-order valence-corrected chi connectivity index (χ1v) is 9.87. The van der Waals surface area contributed by atoms with Crippen molar-refractivity contribution in [3.63, 3.8) is 0 Å². The highest BCUT2D eigenvalue weighted by Gasteiger charge is 2.29. The van der Waals surface area contributed by atoms with E-state index in [-0.39, 0.29) is 23.7 Å². The summed E-state index contributed by atoms with van der Waals surface area (Å²) in [5.41, 5.74) is 0.606. The lowest BCUT2D eigenvalue weighted by Gasteiger charge is -2.38. The van der Waals surface area contributed by atoms with Crippen LogP contribution in [0.25, 0.3) is 0 Å². The van der Waals surface area contributed by atoms with Crippen LogP contribution < -0.4 is 5.32 Å². The molecule has 6 nitrogen and oxygen atoms in total. The van der Waals surface area contributed by atoms with Crippen LogP contribution in [0.1, 0.15) is 26.2 Å². The summed E-state index contributed by atoms with van der Waals surface area (Å²) in [7, 11) is 0. The molecular formula is C20H29FN4O2. The molecule has 1 aromatic rings. The third-order valence-corrected chi connectivity index (χ3v) is 5.47. The molecule has 2 amide bonds. The SMILES string of the molecule is CCC(C(=O)Nc1ccc(F)cc1)N1CCN(CC(=O)N2CCCC2)CC1. The van der Waals surface area contributed by atoms with Crippen molar-refractivity contribution in [2.75, 3.05) is 51.1 Å². The number of piperazine rings is 1. The van der Waals surface area contributed by atoms with Gasteiger partial charge in [0, 0.05) is 45.0 Å². The first-order valence-electron chi connectivity index (χ1n) is 9.87. The Bertz CT molecular complexity index is 638. The number of halogens is 1. The van der Waals surface area contributed by atoms with Crippen molar-refractivity contribution in [3.05, 3.63) is 30.1 Å². The Labute approximate surface area is 160 Å². The molecular weight excluding hydrogens is 347 g/mol. The topological polar surface area (TPSA) is 55.9 Å². The third kappa shape index (κ3) is 5.26. The summed E-state index contributed by atoms with van der Waals surface area (Å²) in [6, 6.07) is 5.61. The highest BCUT2D eigenvalue weighted by atomic mass is 19.1. The standard InChI is InChI=1S/C20H29FN4O2/c1-2-18(20(27)22-17-7-5-16(21)6-8-17)24-13-11-23(12-14-24)15-19(26)25-9-3-4-10-25/h5-8,18H,2-4,9-15H2,1H3,(H,22,27). The summed E-state index contributed by atoms with van der Waals surface area (Å²) in [5.74, 6) is -0.160. The fourth-order valence-corrected chi connectivity index (χ4v) is 3.86. The lowest BCUT2D eigenvalue weighted by Crippen LogP contribution is -2.55. The quantitative estimate of drug-likeness (QED) is 0.822. The van der Waals surface area contributed by atoms with Crippen molar-refractivity contribution < 1.29 is 14.0 Å². The van der Waals surface area contributed by atoms with E-state index in [1.54, 1.807) is 12.1 Å². The summed E-state index contributed by atoms with van der Waals surface area (Å²) in [6.45, 7) is 7.37. The van der Waals surface area contributed by atoms with E-state index in [9.17, 15) is 14.0 Å². The molecule has 3 rings (SSSR count). The molecule has 0 spiro atoms. The summed E-state index contributed by atoms with van der Waals surface area (Å²) in [6.07, 6.45) is 2.93. The van der Waals surface area contributed by atoms with Gasteiger partial charge in [0.2, 0.25) is 11.8 Å². The molecule has 0 saturated carbocycles. The maximum atomic E-state index is 13.0. The van der Waals surface area contributed by atoms with Gasteiger partial charge in [-0.05, 0) is 43.5 Å². The Balaban J connectivity index is 1.48. The number of carbonyl (C=O) groups is 2. The molecule has 2 aliphatic heterocycles. The van der Waals surface area contributed by atoms with Crippen molar-refractivity contribution >= 4 is 17.5 Å². The maximum Gasteiger partial charge on any atom is 0.241 e. The van der Waals surface area contributed by atoms with E-state index in [4.69, 9.17) is 0 Å². The lowest BCUT2D eigenvalue weighted by molar-refractivity contribution is -0.132. The maximum absolute atomic E-state index is 13.0. The van der Waals surface area contributed by atoms with E-state index in [1.807, 2.05) is 11.8 Å². The van der Waals surface area contributed by atoms with Crippen LogP contribution in [-0.2, 0) is 9.59 Å². The van der Waals surface area contributed by atoms with E-state index in [2.05, 4.69) is 15.1 Å². The minimum Gasteiger partial charge on any atom is -0.342 e. The number of hydrogen-bond acceptors (Lipinski definition) is 4. The monoisotopic (exact) mass is 376 g/mol. The Hall–Kier alpha value is -1.99. The van der Waals surface area contributed by atoms with E-state index in [0.717, 1.165) is 52.1 Å². The zero-order chi connectivity index (χ0) is 19.2. The van der Waals surface area contributed by atoms with Gasteiger partial charge in [0.1, 0.15) is 5.82 Å². The average Bonchev–Trinajstić information content (AvgIpc) is 3.20. The number of hydrogen-bond donors (Lipinski definition) is 1. The Kier molecular flexibility index (Phi) is 6.79. The Morgan fingerprint density at radius 1 is 1.04 bits per heavy atom. The van der Waals surface area contributed by atoms with E-state index in [1.165, 1.54) is 12.1 Å². The van der Waals surface area contributed by atoms with Crippen LogP contribution in [0.5, 0.6) is 0 Å². The van der Waals surface area contributed by atoms with Gasteiger partial charge in [0.25, 0.3) is 0 Å².